The third-order valence-electron chi connectivity index (χ3n) is 0.486. The van der Waals surface area contributed by atoms with E-state index in [1.807, 2.05) is 0 Å². The minimum Gasteiger partial charge on any atom is -0.206 e. The van der Waals surface area contributed by atoms with E-state index in [9.17, 15) is 4.39 Å². The number of hydrogen-bond donors (Lipinski definition) is 0. The molecule has 0 aromatic carbocycles. The van der Waals surface area contributed by atoms with Crippen LogP contribution in [0.4, 0.5) is 4.39 Å². The summed E-state index contributed by atoms with van der Waals surface area (Å²) >= 11 is 1.36. The minimum atomic E-state index is -0.139. The molecular weight excluding hydrogens is 135 g/mol. The summed E-state index contributed by atoms with van der Waals surface area (Å²) in [4.78, 5) is 0. The van der Waals surface area contributed by atoms with Gasteiger partial charge in [-0.2, -0.15) is 0 Å². The molecule has 0 unspecified atom stereocenters. The molecule has 0 atom stereocenters. The normalized spacial score (nSPS) is 7.57. The zero-order valence-electron chi connectivity index (χ0n) is 3.43. The number of rotatable bonds is 0. The zero-order chi connectivity index (χ0) is 4.41. The third kappa shape index (κ3) is 1.90. The van der Waals surface area contributed by atoms with Gasteiger partial charge in [0.15, 0.2) is 0 Å². The van der Waals surface area contributed by atoms with Crippen LogP contribution in [0.2, 0.25) is 0 Å². The second kappa shape index (κ2) is 2.99. The Balaban J connectivity index is 0.000000360. The largest absolute Gasteiger partial charge is 0.206 e. The smallest absolute Gasteiger partial charge is 0.133 e. The Morgan fingerprint density at radius 1 is 1.57 bits per heavy atom. The Morgan fingerprint density at radius 2 is 2.29 bits per heavy atom. The Hall–Kier alpha value is -0.0800. The molecule has 0 amide bonds. The van der Waals surface area contributed by atoms with Gasteiger partial charge in [-0.3, -0.25) is 0 Å². The highest BCUT2D eigenvalue weighted by atomic mass is 35.5. The maximum atomic E-state index is 11.7. The standard InChI is InChI=1S/C4H3FS.ClH/c5-4-1-2-6-3-4;/h1-3H;1H. The summed E-state index contributed by atoms with van der Waals surface area (Å²) in [5.41, 5.74) is 0. The van der Waals surface area contributed by atoms with E-state index in [1.54, 1.807) is 5.38 Å². The summed E-state index contributed by atoms with van der Waals surface area (Å²) in [6.07, 6.45) is 0. The molecule has 1 rings (SSSR count). The maximum Gasteiger partial charge on any atom is 0.133 e. The third-order valence-corrected chi connectivity index (χ3v) is 1.14. The van der Waals surface area contributed by atoms with E-state index < -0.39 is 0 Å². The van der Waals surface area contributed by atoms with Gasteiger partial charge in [-0.1, -0.05) is 0 Å². The first kappa shape index (κ1) is 6.92. The second-order valence-corrected chi connectivity index (χ2v) is 1.72. The van der Waals surface area contributed by atoms with E-state index >= 15 is 0 Å². The molecule has 0 N–H and O–H groups in total. The molecule has 40 valence electrons. The van der Waals surface area contributed by atoms with E-state index in [-0.39, 0.29) is 18.2 Å². The molecule has 0 radical (unpaired) electrons. The van der Waals surface area contributed by atoms with Gasteiger partial charge in [0, 0.05) is 5.38 Å². The van der Waals surface area contributed by atoms with E-state index in [1.165, 1.54) is 22.8 Å². The molecular formula is C4H4ClFS. The Labute approximate surface area is 51.4 Å². The lowest BCUT2D eigenvalue weighted by Crippen LogP contribution is -1.48. The molecule has 1 aromatic heterocycles. The predicted octanol–water partition coefficient (Wildman–Crippen LogP) is 2.31. The molecule has 0 saturated heterocycles. The predicted molar refractivity (Wildman–Crippen MR) is 31.5 cm³/mol. The van der Waals surface area contributed by atoms with Crippen molar-refractivity contribution in [3.8, 4) is 0 Å². The van der Waals surface area contributed by atoms with Crippen LogP contribution in [0.3, 0.4) is 0 Å². The van der Waals surface area contributed by atoms with E-state index in [4.69, 9.17) is 0 Å². The number of halogens is 2. The lowest BCUT2D eigenvalue weighted by molar-refractivity contribution is 0.633. The van der Waals surface area contributed by atoms with Crippen molar-refractivity contribution in [2.24, 2.45) is 0 Å². The molecule has 0 nitrogen and oxygen atoms in total. The average Bonchev–Trinajstić information content (AvgIpc) is 1.86. The van der Waals surface area contributed by atoms with Gasteiger partial charge in [-0.15, -0.1) is 23.7 Å². The van der Waals surface area contributed by atoms with Crippen LogP contribution in [0.25, 0.3) is 0 Å². The lowest BCUT2D eigenvalue weighted by Gasteiger charge is -1.60. The molecule has 0 bridgehead atoms. The summed E-state index contributed by atoms with van der Waals surface area (Å²) < 4.78 is 11.7. The van der Waals surface area contributed by atoms with Crippen LogP contribution in [0, 0.1) is 5.82 Å². The van der Waals surface area contributed by atoms with Crippen molar-refractivity contribution in [1.82, 2.24) is 0 Å². The van der Waals surface area contributed by atoms with Crippen molar-refractivity contribution >= 4 is 23.7 Å². The first-order chi connectivity index (χ1) is 2.89. The van der Waals surface area contributed by atoms with Gasteiger partial charge in [0.1, 0.15) is 5.82 Å². The van der Waals surface area contributed by atoms with Crippen LogP contribution in [0.5, 0.6) is 0 Å². The summed E-state index contributed by atoms with van der Waals surface area (Å²) in [6, 6.07) is 1.44. The molecule has 0 aliphatic heterocycles. The highest BCUT2D eigenvalue weighted by Gasteiger charge is 1.79. The first-order valence-corrected chi connectivity index (χ1v) is 2.51. The second-order valence-electron chi connectivity index (χ2n) is 0.942. The van der Waals surface area contributed by atoms with Crippen molar-refractivity contribution in [1.29, 1.82) is 0 Å². The van der Waals surface area contributed by atoms with Crippen LogP contribution < -0.4 is 0 Å². The topological polar surface area (TPSA) is 0 Å². The lowest BCUT2D eigenvalue weighted by atomic mass is 10.6. The molecule has 0 aliphatic carbocycles. The van der Waals surface area contributed by atoms with Gasteiger partial charge in [-0.05, 0) is 11.4 Å². The first-order valence-electron chi connectivity index (χ1n) is 1.57. The van der Waals surface area contributed by atoms with Gasteiger partial charge in [0.2, 0.25) is 0 Å². The van der Waals surface area contributed by atoms with E-state index in [2.05, 4.69) is 0 Å². The molecule has 7 heavy (non-hydrogen) atoms. The molecule has 0 fully saturated rings. The molecule has 3 heteroatoms. The van der Waals surface area contributed by atoms with Crippen molar-refractivity contribution < 1.29 is 4.39 Å². The van der Waals surface area contributed by atoms with Crippen molar-refractivity contribution in [3.63, 3.8) is 0 Å². The highest BCUT2D eigenvalue weighted by molar-refractivity contribution is 7.07. The van der Waals surface area contributed by atoms with Crippen molar-refractivity contribution in [2.45, 2.75) is 0 Å². The highest BCUT2D eigenvalue weighted by Crippen LogP contribution is 2.00. The molecule has 0 saturated carbocycles. The van der Waals surface area contributed by atoms with Crippen LogP contribution in [-0.4, -0.2) is 0 Å². The molecule has 0 aliphatic rings. The van der Waals surface area contributed by atoms with Crippen molar-refractivity contribution in [3.05, 3.63) is 22.6 Å². The summed E-state index contributed by atoms with van der Waals surface area (Å²) in [7, 11) is 0. The fourth-order valence-electron chi connectivity index (χ4n) is 0.248. The molecule has 1 heterocycles. The SMILES string of the molecule is Cl.Fc1ccsc1. The van der Waals surface area contributed by atoms with Crippen LogP contribution in [0.1, 0.15) is 0 Å². The summed E-state index contributed by atoms with van der Waals surface area (Å²) in [5.74, 6) is -0.139. The van der Waals surface area contributed by atoms with Crippen LogP contribution >= 0.6 is 23.7 Å². The number of thiophene rings is 1. The fourth-order valence-corrected chi connectivity index (χ4v) is 0.744. The molecule has 1 aromatic rings. The van der Waals surface area contributed by atoms with Gasteiger partial charge in [0.05, 0.1) is 0 Å². The summed E-state index contributed by atoms with van der Waals surface area (Å²) in [6.45, 7) is 0. The van der Waals surface area contributed by atoms with Crippen molar-refractivity contribution in [2.75, 3.05) is 0 Å². The monoisotopic (exact) mass is 138 g/mol. The average molecular weight is 139 g/mol. The summed E-state index contributed by atoms with van der Waals surface area (Å²) in [5, 5.41) is 3.16. The Kier molecular flexibility index (Phi) is 2.96. The van der Waals surface area contributed by atoms with E-state index in [0.717, 1.165) is 0 Å². The Bertz CT molecular complexity index is 115. The minimum absolute atomic E-state index is 0. The van der Waals surface area contributed by atoms with Crippen LogP contribution in [0.15, 0.2) is 16.8 Å². The fraction of sp³-hybridized carbons (Fsp3) is 0. The zero-order valence-corrected chi connectivity index (χ0v) is 5.06. The van der Waals surface area contributed by atoms with Gasteiger partial charge < -0.3 is 0 Å². The van der Waals surface area contributed by atoms with Crippen LogP contribution in [-0.2, 0) is 0 Å². The van der Waals surface area contributed by atoms with Gasteiger partial charge >= 0.3 is 0 Å². The van der Waals surface area contributed by atoms with E-state index in [0.29, 0.717) is 0 Å². The van der Waals surface area contributed by atoms with Gasteiger partial charge in [-0.25, -0.2) is 4.39 Å². The Morgan fingerprint density at radius 3 is 2.43 bits per heavy atom. The quantitative estimate of drug-likeness (QED) is 0.516. The van der Waals surface area contributed by atoms with Gasteiger partial charge in [0.25, 0.3) is 0 Å². The maximum absolute atomic E-state index is 11.7. The number of hydrogen-bond acceptors (Lipinski definition) is 1. The molecule has 0 spiro atoms.